The Labute approximate surface area is 126 Å². The summed E-state index contributed by atoms with van der Waals surface area (Å²) in [5, 5.41) is 3.22. The summed E-state index contributed by atoms with van der Waals surface area (Å²) >= 11 is 0. The van der Waals surface area contributed by atoms with E-state index in [1.165, 1.54) is 5.56 Å². The van der Waals surface area contributed by atoms with Gasteiger partial charge in [0, 0.05) is 12.5 Å². The summed E-state index contributed by atoms with van der Waals surface area (Å²) in [5.74, 6) is 0.685. The number of hydrogen-bond donors (Lipinski definition) is 1. The van der Waals surface area contributed by atoms with Crippen molar-refractivity contribution in [3.05, 3.63) is 65.0 Å². The van der Waals surface area contributed by atoms with Crippen LogP contribution in [0.2, 0.25) is 0 Å². The summed E-state index contributed by atoms with van der Waals surface area (Å²) in [5.41, 5.74) is 3.08. The Morgan fingerprint density at radius 3 is 2.57 bits per heavy atom. The molecule has 2 aromatic carbocycles. The first-order valence-electron chi connectivity index (χ1n) is 7.22. The van der Waals surface area contributed by atoms with Crippen LogP contribution in [0.1, 0.15) is 29.2 Å². The maximum absolute atomic E-state index is 13.5. The first kappa shape index (κ1) is 15.5. The van der Waals surface area contributed by atoms with E-state index in [4.69, 9.17) is 4.74 Å². The molecule has 112 valence electrons. The number of rotatable bonds is 6. The van der Waals surface area contributed by atoms with Crippen molar-refractivity contribution >= 4 is 0 Å². The number of aryl methyl sites for hydroxylation is 2. The molecule has 0 spiro atoms. The average Bonchev–Trinajstić information content (AvgIpc) is 2.42. The van der Waals surface area contributed by atoms with Crippen LogP contribution >= 0.6 is 0 Å². The van der Waals surface area contributed by atoms with E-state index < -0.39 is 0 Å². The maximum atomic E-state index is 13.5. The van der Waals surface area contributed by atoms with Crippen LogP contribution in [0, 0.1) is 19.7 Å². The van der Waals surface area contributed by atoms with Crippen molar-refractivity contribution in [3.63, 3.8) is 0 Å². The van der Waals surface area contributed by atoms with E-state index >= 15 is 0 Å². The van der Waals surface area contributed by atoms with Gasteiger partial charge in [0.25, 0.3) is 0 Å². The number of benzene rings is 2. The third-order valence-electron chi connectivity index (χ3n) is 3.48. The van der Waals surface area contributed by atoms with Crippen LogP contribution in [-0.2, 0) is 0 Å². The zero-order valence-corrected chi connectivity index (χ0v) is 12.8. The molecule has 0 aliphatic heterocycles. The van der Waals surface area contributed by atoms with Gasteiger partial charge in [-0.25, -0.2) is 4.39 Å². The third-order valence-corrected chi connectivity index (χ3v) is 3.48. The summed E-state index contributed by atoms with van der Waals surface area (Å²) in [4.78, 5) is 0. The topological polar surface area (TPSA) is 21.3 Å². The average molecular weight is 287 g/mol. The third kappa shape index (κ3) is 4.57. The molecule has 0 bridgehead atoms. The fourth-order valence-electron chi connectivity index (χ4n) is 2.44. The Morgan fingerprint density at radius 1 is 1.10 bits per heavy atom. The molecule has 0 saturated heterocycles. The summed E-state index contributed by atoms with van der Waals surface area (Å²) in [6.07, 6.45) is 0.785. The van der Waals surface area contributed by atoms with Crippen LogP contribution in [0.3, 0.4) is 0 Å². The lowest BCUT2D eigenvalue weighted by Crippen LogP contribution is -2.19. The SMILES string of the molecule is CNC(CCOc1cccc(C)c1)c1cc(C)cc(F)c1. The lowest BCUT2D eigenvalue weighted by atomic mass is 10.0. The van der Waals surface area contributed by atoms with Crippen LogP contribution in [0.4, 0.5) is 4.39 Å². The van der Waals surface area contributed by atoms with Gasteiger partial charge in [-0.3, -0.25) is 0 Å². The molecule has 2 nitrogen and oxygen atoms in total. The van der Waals surface area contributed by atoms with Gasteiger partial charge in [0.15, 0.2) is 0 Å². The Hall–Kier alpha value is -1.87. The highest BCUT2D eigenvalue weighted by Crippen LogP contribution is 2.20. The van der Waals surface area contributed by atoms with Gasteiger partial charge < -0.3 is 10.1 Å². The Kier molecular flexibility index (Phi) is 5.34. The van der Waals surface area contributed by atoms with Crippen LogP contribution in [-0.4, -0.2) is 13.7 Å². The molecule has 0 fully saturated rings. The lowest BCUT2D eigenvalue weighted by Gasteiger charge is -2.18. The van der Waals surface area contributed by atoms with Crippen molar-refractivity contribution in [1.82, 2.24) is 5.32 Å². The summed E-state index contributed by atoms with van der Waals surface area (Å²) in [6, 6.07) is 13.2. The second kappa shape index (κ2) is 7.23. The van der Waals surface area contributed by atoms with Crippen LogP contribution in [0.15, 0.2) is 42.5 Å². The standard InChI is InChI=1S/C18H22FNO/c1-13-5-4-6-17(11-13)21-8-7-18(20-3)15-9-14(2)10-16(19)12-15/h4-6,9-12,18,20H,7-8H2,1-3H3. The van der Waals surface area contributed by atoms with Crippen molar-refractivity contribution < 1.29 is 9.13 Å². The molecule has 0 heterocycles. The first-order chi connectivity index (χ1) is 10.1. The molecule has 21 heavy (non-hydrogen) atoms. The molecule has 2 rings (SSSR count). The predicted octanol–water partition coefficient (Wildman–Crippen LogP) is 4.17. The molecule has 0 saturated carbocycles. The van der Waals surface area contributed by atoms with E-state index in [2.05, 4.69) is 5.32 Å². The Balaban J connectivity index is 1.96. The van der Waals surface area contributed by atoms with Gasteiger partial charge in [0.05, 0.1) is 6.61 Å². The highest BCUT2D eigenvalue weighted by Gasteiger charge is 2.11. The minimum absolute atomic E-state index is 0.0872. The van der Waals surface area contributed by atoms with Crippen LogP contribution < -0.4 is 10.1 Å². The van der Waals surface area contributed by atoms with Gasteiger partial charge in [0.1, 0.15) is 11.6 Å². The molecular weight excluding hydrogens is 265 g/mol. The highest BCUT2D eigenvalue weighted by atomic mass is 19.1. The highest BCUT2D eigenvalue weighted by molar-refractivity contribution is 5.28. The van der Waals surface area contributed by atoms with Crippen molar-refractivity contribution in [3.8, 4) is 5.75 Å². The van der Waals surface area contributed by atoms with E-state index in [9.17, 15) is 4.39 Å². The first-order valence-corrected chi connectivity index (χ1v) is 7.22. The maximum Gasteiger partial charge on any atom is 0.123 e. The largest absolute Gasteiger partial charge is 0.494 e. The zero-order chi connectivity index (χ0) is 15.2. The number of hydrogen-bond acceptors (Lipinski definition) is 2. The second-order valence-electron chi connectivity index (χ2n) is 5.36. The molecular formula is C18H22FNO. The zero-order valence-electron chi connectivity index (χ0n) is 12.8. The molecule has 0 radical (unpaired) electrons. The summed E-state index contributed by atoms with van der Waals surface area (Å²) in [6.45, 7) is 4.53. The van der Waals surface area contributed by atoms with E-state index in [0.717, 1.165) is 23.3 Å². The Morgan fingerprint density at radius 2 is 1.90 bits per heavy atom. The van der Waals surface area contributed by atoms with E-state index in [1.807, 2.05) is 51.2 Å². The number of nitrogens with one attached hydrogen (secondary N) is 1. The molecule has 0 aliphatic rings. The summed E-state index contributed by atoms with van der Waals surface area (Å²) < 4.78 is 19.3. The minimum atomic E-state index is -0.190. The lowest BCUT2D eigenvalue weighted by molar-refractivity contribution is 0.290. The molecule has 0 aromatic heterocycles. The predicted molar refractivity (Wildman–Crippen MR) is 84.2 cm³/mol. The van der Waals surface area contributed by atoms with Crippen molar-refractivity contribution in [2.75, 3.05) is 13.7 Å². The minimum Gasteiger partial charge on any atom is -0.494 e. The van der Waals surface area contributed by atoms with Gasteiger partial charge in [-0.15, -0.1) is 0 Å². The fourth-order valence-corrected chi connectivity index (χ4v) is 2.44. The van der Waals surface area contributed by atoms with Gasteiger partial charge >= 0.3 is 0 Å². The summed E-state index contributed by atoms with van der Waals surface area (Å²) in [7, 11) is 1.89. The molecule has 1 unspecified atom stereocenters. The number of ether oxygens (including phenoxy) is 1. The van der Waals surface area contributed by atoms with Gasteiger partial charge in [-0.2, -0.15) is 0 Å². The van der Waals surface area contributed by atoms with Crippen molar-refractivity contribution in [2.45, 2.75) is 26.3 Å². The molecule has 0 amide bonds. The van der Waals surface area contributed by atoms with Gasteiger partial charge in [0.2, 0.25) is 0 Å². The van der Waals surface area contributed by atoms with E-state index in [0.29, 0.717) is 6.61 Å². The number of halogens is 1. The molecule has 1 N–H and O–H groups in total. The van der Waals surface area contributed by atoms with Gasteiger partial charge in [-0.1, -0.05) is 18.2 Å². The fraction of sp³-hybridized carbons (Fsp3) is 0.333. The van der Waals surface area contributed by atoms with Crippen LogP contribution in [0.5, 0.6) is 5.75 Å². The monoisotopic (exact) mass is 287 g/mol. The van der Waals surface area contributed by atoms with E-state index in [1.54, 1.807) is 12.1 Å². The molecule has 0 aliphatic carbocycles. The van der Waals surface area contributed by atoms with Crippen LogP contribution in [0.25, 0.3) is 0 Å². The van der Waals surface area contributed by atoms with Crippen molar-refractivity contribution in [1.29, 1.82) is 0 Å². The smallest absolute Gasteiger partial charge is 0.123 e. The van der Waals surface area contributed by atoms with Gasteiger partial charge in [-0.05, 0) is 61.9 Å². The molecule has 3 heteroatoms. The molecule has 1 atom stereocenters. The van der Waals surface area contributed by atoms with Crippen molar-refractivity contribution in [2.24, 2.45) is 0 Å². The second-order valence-corrected chi connectivity index (χ2v) is 5.36. The quantitative estimate of drug-likeness (QED) is 0.861. The normalized spacial score (nSPS) is 12.2. The Bertz CT molecular complexity index is 577. The molecule has 2 aromatic rings. The van der Waals surface area contributed by atoms with E-state index in [-0.39, 0.29) is 11.9 Å².